The summed E-state index contributed by atoms with van der Waals surface area (Å²) in [7, 11) is 0. The zero-order valence-corrected chi connectivity index (χ0v) is 24.1. The number of hydrogen-bond donors (Lipinski definition) is 0. The molecular formula is C30H50O6. The maximum Gasteiger partial charge on any atom is 0.311 e. The summed E-state index contributed by atoms with van der Waals surface area (Å²) >= 11 is 0. The van der Waals surface area contributed by atoms with E-state index in [-0.39, 0.29) is 47.6 Å². The van der Waals surface area contributed by atoms with E-state index in [0.717, 1.165) is 44.4 Å². The predicted molar refractivity (Wildman–Crippen MR) is 139 cm³/mol. The van der Waals surface area contributed by atoms with Crippen LogP contribution >= 0.6 is 0 Å². The SMILES string of the molecule is CCC(C)(C)C(=O)OC1C2CC3C(=O)OC1C3C2.CCC(C)(C)C(=O)OC1CCC(C(C)(C)C)CC1. The Morgan fingerprint density at radius 3 is 1.86 bits per heavy atom. The van der Waals surface area contributed by atoms with Crippen LogP contribution in [0.2, 0.25) is 0 Å². The number of esters is 3. The van der Waals surface area contributed by atoms with E-state index < -0.39 is 5.41 Å². The third kappa shape index (κ3) is 6.10. The number of rotatable bonds is 6. The van der Waals surface area contributed by atoms with Gasteiger partial charge in [-0.25, -0.2) is 0 Å². The molecule has 4 rings (SSSR count). The summed E-state index contributed by atoms with van der Waals surface area (Å²) in [5, 5.41) is 0. The highest BCUT2D eigenvalue weighted by Gasteiger charge is 2.63. The first-order valence-corrected chi connectivity index (χ1v) is 14.2. The molecule has 36 heavy (non-hydrogen) atoms. The highest BCUT2D eigenvalue weighted by molar-refractivity contribution is 5.78. The van der Waals surface area contributed by atoms with Gasteiger partial charge in [0.1, 0.15) is 18.3 Å². The van der Waals surface area contributed by atoms with Gasteiger partial charge in [-0.15, -0.1) is 0 Å². The Hall–Kier alpha value is -1.59. The first-order chi connectivity index (χ1) is 16.6. The molecule has 4 fully saturated rings. The minimum Gasteiger partial charge on any atom is -0.462 e. The van der Waals surface area contributed by atoms with E-state index in [9.17, 15) is 14.4 Å². The fourth-order valence-electron chi connectivity index (χ4n) is 5.99. The molecule has 2 bridgehead atoms. The van der Waals surface area contributed by atoms with Crippen LogP contribution in [0.25, 0.3) is 0 Å². The zero-order valence-electron chi connectivity index (χ0n) is 24.1. The quantitative estimate of drug-likeness (QED) is 0.303. The van der Waals surface area contributed by atoms with Crippen molar-refractivity contribution in [3.8, 4) is 0 Å². The molecule has 0 radical (unpaired) electrons. The van der Waals surface area contributed by atoms with Crippen molar-refractivity contribution in [2.45, 2.75) is 132 Å². The van der Waals surface area contributed by atoms with E-state index in [1.807, 2.05) is 41.5 Å². The molecule has 0 aromatic heterocycles. The van der Waals surface area contributed by atoms with E-state index >= 15 is 0 Å². The molecule has 3 aliphatic carbocycles. The fraction of sp³-hybridized carbons (Fsp3) is 0.900. The van der Waals surface area contributed by atoms with Gasteiger partial charge in [0.2, 0.25) is 0 Å². The van der Waals surface area contributed by atoms with Crippen LogP contribution in [-0.2, 0) is 28.6 Å². The molecule has 0 aromatic rings. The van der Waals surface area contributed by atoms with Gasteiger partial charge in [0.05, 0.1) is 16.7 Å². The number of carbonyl (C=O) groups excluding carboxylic acids is 3. The Bertz CT molecular complexity index is 814. The number of ether oxygens (including phenoxy) is 3. The maximum atomic E-state index is 12.1. The molecule has 206 valence electrons. The van der Waals surface area contributed by atoms with Crippen LogP contribution in [0.4, 0.5) is 0 Å². The van der Waals surface area contributed by atoms with E-state index in [4.69, 9.17) is 14.2 Å². The summed E-state index contributed by atoms with van der Waals surface area (Å²) < 4.78 is 16.7. The van der Waals surface area contributed by atoms with Crippen LogP contribution in [0, 0.1) is 39.9 Å². The van der Waals surface area contributed by atoms with E-state index in [1.54, 1.807) is 0 Å². The molecule has 3 saturated carbocycles. The lowest BCUT2D eigenvalue weighted by molar-refractivity contribution is -0.170. The van der Waals surface area contributed by atoms with E-state index in [2.05, 4.69) is 20.8 Å². The van der Waals surface area contributed by atoms with Crippen LogP contribution in [-0.4, -0.2) is 36.2 Å². The lowest BCUT2D eigenvalue weighted by Crippen LogP contribution is -2.39. The lowest BCUT2D eigenvalue weighted by atomic mass is 9.72. The maximum absolute atomic E-state index is 12.1. The standard InChI is InChI=1S/C16H30O2.C14H20O4/c1-7-16(5,6)14(17)18-13-10-8-12(9-11-13)15(2,3)4;1-4-14(2,3)13(16)18-10-7-5-8-9(6-7)12(15)17-11(8)10/h12-13H,7-11H2,1-6H3;7-11H,4-6H2,1-3H3. The molecule has 5 atom stereocenters. The average Bonchev–Trinajstić information content (AvgIpc) is 3.44. The van der Waals surface area contributed by atoms with Crippen LogP contribution in [0.5, 0.6) is 0 Å². The molecule has 4 aliphatic rings. The second-order valence-electron chi connectivity index (χ2n) is 14.0. The van der Waals surface area contributed by atoms with Crippen molar-refractivity contribution in [1.29, 1.82) is 0 Å². The highest BCUT2D eigenvalue weighted by Crippen LogP contribution is 2.55. The van der Waals surface area contributed by atoms with Crippen LogP contribution in [0.15, 0.2) is 0 Å². The first-order valence-electron chi connectivity index (χ1n) is 14.2. The molecule has 0 amide bonds. The third-order valence-corrected chi connectivity index (χ3v) is 9.70. The molecule has 1 saturated heterocycles. The normalized spacial score (nSPS) is 33.5. The van der Waals surface area contributed by atoms with Gasteiger partial charge in [-0.3, -0.25) is 14.4 Å². The van der Waals surface area contributed by atoms with Gasteiger partial charge < -0.3 is 14.2 Å². The lowest BCUT2D eigenvalue weighted by Gasteiger charge is -2.37. The van der Waals surface area contributed by atoms with E-state index in [1.165, 1.54) is 12.8 Å². The molecule has 0 spiro atoms. The van der Waals surface area contributed by atoms with Crippen LogP contribution < -0.4 is 0 Å². The molecule has 6 heteroatoms. The molecule has 0 aromatic carbocycles. The molecule has 6 nitrogen and oxygen atoms in total. The smallest absolute Gasteiger partial charge is 0.311 e. The zero-order chi connectivity index (χ0) is 27.1. The summed E-state index contributed by atoms with van der Waals surface area (Å²) in [6, 6.07) is 0. The predicted octanol–water partition coefficient (Wildman–Crippen LogP) is 6.49. The second kappa shape index (κ2) is 10.6. The summed E-state index contributed by atoms with van der Waals surface area (Å²) in [4.78, 5) is 35.8. The number of carbonyl (C=O) groups is 3. The summed E-state index contributed by atoms with van der Waals surface area (Å²) in [5.74, 6) is 1.20. The topological polar surface area (TPSA) is 78.9 Å². The van der Waals surface area contributed by atoms with Gasteiger partial charge in [0.15, 0.2) is 0 Å². The third-order valence-electron chi connectivity index (χ3n) is 9.70. The minimum atomic E-state index is -0.455. The van der Waals surface area contributed by atoms with Gasteiger partial charge in [-0.1, -0.05) is 34.6 Å². The van der Waals surface area contributed by atoms with Gasteiger partial charge in [0, 0.05) is 11.8 Å². The Morgan fingerprint density at radius 1 is 0.833 bits per heavy atom. The fourth-order valence-corrected chi connectivity index (χ4v) is 5.99. The average molecular weight is 507 g/mol. The van der Waals surface area contributed by atoms with Crippen molar-refractivity contribution < 1.29 is 28.6 Å². The van der Waals surface area contributed by atoms with Crippen LogP contribution in [0.1, 0.15) is 114 Å². The van der Waals surface area contributed by atoms with Gasteiger partial charge >= 0.3 is 17.9 Å². The van der Waals surface area contributed by atoms with Gasteiger partial charge in [0.25, 0.3) is 0 Å². The molecule has 5 unspecified atom stereocenters. The molecular weight excluding hydrogens is 456 g/mol. The Morgan fingerprint density at radius 2 is 1.36 bits per heavy atom. The van der Waals surface area contributed by atoms with E-state index in [0.29, 0.717) is 17.3 Å². The summed E-state index contributed by atoms with van der Waals surface area (Å²) in [6.07, 6.45) is 7.64. The molecule has 0 N–H and O–H groups in total. The Labute approximate surface area is 218 Å². The van der Waals surface area contributed by atoms with Crippen molar-refractivity contribution >= 4 is 17.9 Å². The van der Waals surface area contributed by atoms with Gasteiger partial charge in [-0.2, -0.15) is 0 Å². The second-order valence-corrected chi connectivity index (χ2v) is 14.0. The Kier molecular flexibility index (Phi) is 8.57. The van der Waals surface area contributed by atoms with Crippen molar-refractivity contribution in [3.05, 3.63) is 0 Å². The largest absolute Gasteiger partial charge is 0.462 e. The molecule has 1 aliphatic heterocycles. The van der Waals surface area contributed by atoms with Crippen LogP contribution in [0.3, 0.4) is 0 Å². The highest BCUT2D eigenvalue weighted by atomic mass is 16.6. The monoisotopic (exact) mass is 506 g/mol. The van der Waals surface area contributed by atoms with Gasteiger partial charge in [-0.05, 0) is 90.4 Å². The van der Waals surface area contributed by atoms with Crippen molar-refractivity contribution in [3.63, 3.8) is 0 Å². The minimum absolute atomic E-state index is 0.0239. The van der Waals surface area contributed by atoms with Crippen molar-refractivity contribution in [2.75, 3.05) is 0 Å². The first kappa shape index (κ1) is 29.0. The summed E-state index contributed by atoms with van der Waals surface area (Å²) in [6.45, 7) is 18.7. The number of fused-ring (bicyclic) bond motifs is 1. The van der Waals surface area contributed by atoms with Crippen molar-refractivity contribution in [1.82, 2.24) is 0 Å². The Balaban J connectivity index is 0.000000201. The number of hydrogen-bond acceptors (Lipinski definition) is 6. The van der Waals surface area contributed by atoms with Crippen molar-refractivity contribution in [2.24, 2.45) is 39.9 Å². The molecule has 1 heterocycles. The summed E-state index contributed by atoms with van der Waals surface area (Å²) in [5.41, 5.74) is -0.400.